The quantitative estimate of drug-likeness (QED) is 0.459. The Morgan fingerprint density at radius 2 is 1.65 bits per heavy atom. The molecule has 174 valence electrons. The van der Waals surface area contributed by atoms with E-state index in [2.05, 4.69) is 32.1 Å². The lowest BCUT2D eigenvalue weighted by Gasteiger charge is -2.36. The summed E-state index contributed by atoms with van der Waals surface area (Å²) < 4.78 is 6.97. The molecule has 34 heavy (non-hydrogen) atoms. The number of carbonyl (C=O) groups excluding carboxylic acids is 1. The predicted octanol–water partition coefficient (Wildman–Crippen LogP) is 3.31. The number of hydrogen-bond donors (Lipinski definition) is 0. The Labute approximate surface area is 198 Å². The second-order valence-corrected chi connectivity index (χ2v) is 8.52. The molecule has 4 aromatic rings. The van der Waals surface area contributed by atoms with Crippen molar-refractivity contribution in [2.24, 2.45) is 0 Å². The highest BCUT2D eigenvalue weighted by atomic mass is 16.5. The van der Waals surface area contributed by atoms with Gasteiger partial charge in [0.1, 0.15) is 5.75 Å². The zero-order valence-electron chi connectivity index (χ0n) is 19.7. The van der Waals surface area contributed by atoms with E-state index >= 15 is 0 Å². The van der Waals surface area contributed by atoms with Gasteiger partial charge in [-0.2, -0.15) is 4.98 Å². The van der Waals surface area contributed by atoms with Gasteiger partial charge in [-0.15, -0.1) is 5.10 Å². The number of aryl methyl sites for hydroxylation is 2. The molecule has 0 saturated carbocycles. The number of methoxy groups -OCH3 is 1. The van der Waals surface area contributed by atoms with E-state index in [0.29, 0.717) is 31.1 Å². The van der Waals surface area contributed by atoms with E-state index in [4.69, 9.17) is 4.74 Å². The highest BCUT2D eigenvalue weighted by Gasteiger charge is 2.24. The van der Waals surface area contributed by atoms with Gasteiger partial charge in [0.2, 0.25) is 5.91 Å². The molecule has 0 aliphatic carbocycles. The van der Waals surface area contributed by atoms with Crippen LogP contribution in [0.25, 0.3) is 17.2 Å². The number of benzene rings is 2. The highest BCUT2D eigenvalue weighted by molar-refractivity contribution is 5.79. The normalized spacial score (nSPS) is 14.0. The second-order valence-electron chi connectivity index (χ2n) is 8.52. The second kappa shape index (κ2) is 9.13. The van der Waals surface area contributed by atoms with Crippen LogP contribution in [0.3, 0.4) is 0 Å². The van der Waals surface area contributed by atoms with Gasteiger partial charge in [-0.05, 0) is 50.2 Å². The van der Waals surface area contributed by atoms with E-state index in [0.717, 1.165) is 41.4 Å². The maximum absolute atomic E-state index is 13.2. The molecule has 0 unspecified atom stereocenters. The molecule has 0 bridgehead atoms. The summed E-state index contributed by atoms with van der Waals surface area (Å²) in [6.45, 7) is 7.01. The molecular weight excluding hydrogens is 428 g/mol. The molecule has 0 N–H and O–H groups in total. The molecule has 0 radical (unpaired) electrons. The van der Waals surface area contributed by atoms with Crippen LogP contribution in [0.2, 0.25) is 0 Å². The number of para-hydroxylation sites is 1. The molecule has 1 aliphatic heterocycles. The summed E-state index contributed by atoms with van der Waals surface area (Å²) in [5.74, 6) is 2.03. The van der Waals surface area contributed by atoms with Crippen molar-refractivity contribution in [2.75, 3.05) is 38.2 Å². The largest absolute Gasteiger partial charge is 0.497 e. The summed E-state index contributed by atoms with van der Waals surface area (Å²) >= 11 is 0. The molecule has 5 rings (SSSR count). The molecule has 8 heteroatoms. The minimum atomic E-state index is 0.121. The van der Waals surface area contributed by atoms with Gasteiger partial charge in [0.05, 0.1) is 13.5 Å². The fourth-order valence-corrected chi connectivity index (χ4v) is 4.44. The fraction of sp³-hybridized carbons (Fsp3) is 0.308. The van der Waals surface area contributed by atoms with Gasteiger partial charge in [-0.3, -0.25) is 4.79 Å². The molecule has 0 spiro atoms. The topological polar surface area (TPSA) is 75.9 Å². The molecule has 8 nitrogen and oxygen atoms in total. The number of carbonyl (C=O) groups is 1. The SMILES string of the molecule is COc1ccc(-c2nc3nc(C)c(CC(=O)N4CCN(c5ccccc5)CC4)c(C)n3n2)cc1. The maximum Gasteiger partial charge on any atom is 0.253 e. The number of hydrogen-bond acceptors (Lipinski definition) is 6. The number of rotatable bonds is 5. The van der Waals surface area contributed by atoms with Crippen LogP contribution in [0, 0.1) is 13.8 Å². The molecule has 0 atom stereocenters. The van der Waals surface area contributed by atoms with Crippen molar-refractivity contribution in [3.63, 3.8) is 0 Å². The van der Waals surface area contributed by atoms with Gasteiger partial charge >= 0.3 is 0 Å². The molecule has 2 aromatic heterocycles. The first-order valence-corrected chi connectivity index (χ1v) is 11.5. The molecule has 1 aliphatic rings. The summed E-state index contributed by atoms with van der Waals surface area (Å²) in [6.07, 6.45) is 0.309. The van der Waals surface area contributed by atoms with Crippen molar-refractivity contribution in [1.29, 1.82) is 0 Å². The van der Waals surface area contributed by atoms with Crippen LogP contribution < -0.4 is 9.64 Å². The Bertz CT molecular complexity index is 1310. The van der Waals surface area contributed by atoms with E-state index in [1.807, 2.05) is 61.2 Å². The van der Waals surface area contributed by atoms with E-state index < -0.39 is 0 Å². The van der Waals surface area contributed by atoms with E-state index in [-0.39, 0.29) is 5.91 Å². The Morgan fingerprint density at radius 3 is 2.32 bits per heavy atom. The smallest absolute Gasteiger partial charge is 0.253 e. The lowest BCUT2D eigenvalue weighted by Crippen LogP contribution is -2.49. The summed E-state index contributed by atoms with van der Waals surface area (Å²) in [5, 5.41) is 4.67. The zero-order chi connectivity index (χ0) is 23.7. The fourth-order valence-electron chi connectivity index (χ4n) is 4.44. The summed E-state index contributed by atoms with van der Waals surface area (Å²) in [5.41, 5.74) is 4.71. The van der Waals surface area contributed by atoms with E-state index in [1.54, 1.807) is 11.6 Å². The van der Waals surface area contributed by atoms with Crippen LogP contribution in [0.5, 0.6) is 5.75 Å². The van der Waals surface area contributed by atoms with Crippen molar-refractivity contribution in [1.82, 2.24) is 24.5 Å². The average Bonchev–Trinajstić information content (AvgIpc) is 3.31. The Hall–Kier alpha value is -3.94. The number of aromatic nitrogens is 4. The first kappa shape index (κ1) is 21.9. The van der Waals surface area contributed by atoms with Gasteiger partial charge < -0.3 is 14.5 Å². The molecule has 3 heterocycles. The Morgan fingerprint density at radius 1 is 0.941 bits per heavy atom. The van der Waals surface area contributed by atoms with Crippen molar-refractivity contribution in [3.05, 3.63) is 71.5 Å². The molecule has 1 fully saturated rings. The number of ether oxygens (including phenoxy) is 1. The number of piperazine rings is 1. The first-order chi connectivity index (χ1) is 16.5. The maximum atomic E-state index is 13.2. The third-order valence-electron chi connectivity index (χ3n) is 6.48. The van der Waals surface area contributed by atoms with Crippen LogP contribution >= 0.6 is 0 Å². The molecule has 1 amide bonds. The van der Waals surface area contributed by atoms with Crippen LogP contribution in [0.15, 0.2) is 54.6 Å². The van der Waals surface area contributed by atoms with Crippen LogP contribution in [0.1, 0.15) is 17.0 Å². The van der Waals surface area contributed by atoms with Crippen LogP contribution in [-0.2, 0) is 11.2 Å². The minimum absolute atomic E-state index is 0.121. The molecule has 1 saturated heterocycles. The highest BCUT2D eigenvalue weighted by Crippen LogP contribution is 2.22. The number of nitrogens with zero attached hydrogens (tertiary/aromatic N) is 6. The van der Waals surface area contributed by atoms with Crippen molar-refractivity contribution < 1.29 is 9.53 Å². The summed E-state index contributed by atoms with van der Waals surface area (Å²) in [4.78, 5) is 26.7. The predicted molar refractivity (Wildman–Crippen MR) is 131 cm³/mol. The standard InChI is InChI=1S/C26H28N6O2/c1-18-23(17-24(33)31-15-13-30(14-16-31)21-7-5-4-6-8-21)19(2)32-26(27-18)28-25(29-32)20-9-11-22(34-3)12-10-20/h4-12H,13-17H2,1-3H3. The first-order valence-electron chi connectivity index (χ1n) is 11.5. The van der Waals surface area contributed by atoms with Gasteiger partial charge in [-0.25, -0.2) is 9.50 Å². The monoisotopic (exact) mass is 456 g/mol. The summed E-state index contributed by atoms with van der Waals surface area (Å²) in [7, 11) is 1.64. The van der Waals surface area contributed by atoms with Crippen LogP contribution in [0.4, 0.5) is 5.69 Å². The minimum Gasteiger partial charge on any atom is -0.497 e. The van der Waals surface area contributed by atoms with Gasteiger partial charge in [-0.1, -0.05) is 18.2 Å². The van der Waals surface area contributed by atoms with E-state index in [9.17, 15) is 4.79 Å². The third-order valence-corrected chi connectivity index (χ3v) is 6.48. The number of anilines is 1. The van der Waals surface area contributed by atoms with Crippen LogP contribution in [-0.4, -0.2) is 63.7 Å². The van der Waals surface area contributed by atoms with Gasteiger partial charge in [0, 0.05) is 54.4 Å². The lowest BCUT2D eigenvalue weighted by atomic mass is 10.1. The van der Waals surface area contributed by atoms with E-state index in [1.165, 1.54) is 5.69 Å². The number of amides is 1. The Balaban J connectivity index is 1.33. The number of fused-ring (bicyclic) bond motifs is 1. The molecule has 2 aromatic carbocycles. The zero-order valence-corrected chi connectivity index (χ0v) is 19.7. The van der Waals surface area contributed by atoms with Crippen molar-refractivity contribution in [2.45, 2.75) is 20.3 Å². The van der Waals surface area contributed by atoms with Gasteiger partial charge in [0.15, 0.2) is 5.82 Å². The third kappa shape index (κ3) is 4.19. The molecular formula is C26H28N6O2. The van der Waals surface area contributed by atoms with Crippen molar-refractivity contribution in [3.8, 4) is 17.1 Å². The average molecular weight is 457 g/mol. The summed E-state index contributed by atoms with van der Waals surface area (Å²) in [6, 6.07) is 18.0. The Kier molecular flexibility index (Phi) is 5.88. The van der Waals surface area contributed by atoms with Crippen molar-refractivity contribution >= 4 is 17.4 Å². The lowest BCUT2D eigenvalue weighted by molar-refractivity contribution is -0.130. The van der Waals surface area contributed by atoms with Gasteiger partial charge in [0.25, 0.3) is 5.78 Å².